The number of hydrogen-bond acceptors (Lipinski definition) is 2. The molecule has 0 spiro atoms. The zero-order valence-electron chi connectivity index (χ0n) is 10.4. The maximum Gasteiger partial charge on any atom is 0.168 e. The monoisotopic (exact) mass is 288 g/mol. The van der Waals surface area contributed by atoms with E-state index in [4.69, 9.17) is 0 Å². The van der Waals surface area contributed by atoms with Crippen LogP contribution in [0.25, 0.3) is 10.1 Å². The lowest BCUT2D eigenvalue weighted by Gasteiger charge is -2.01. The quantitative estimate of drug-likeness (QED) is 0.643. The van der Waals surface area contributed by atoms with E-state index in [1.807, 2.05) is 29.6 Å². The number of carbonyl (C=O) groups is 1. The molecular formula is C16H10F2OS. The highest BCUT2D eigenvalue weighted by molar-refractivity contribution is 7.17. The molecule has 20 heavy (non-hydrogen) atoms. The van der Waals surface area contributed by atoms with Crippen molar-refractivity contribution in [1.82, 2.24) is 0 Å². The van der Waals surface area contributed by atoms with Gasteiger partial charge in [-0.25, -0.2) is 8.78 Å². The minimum atomic E-state index is -0.925. The highest BCUT2D eigenvalue weighted by Gasteiger charge is 2.13. The summed E-state index contributed by atoms with van der Waals surface area (Å²) in [6.45, 7) is 0. The van der Waals surface area contributed by atoms with Gasteiger partial charge in [-0.3, -0.25) is 4.79 Å². The van der Waals surface area contributed by atoms with E-state index in [0.29, 0.717) is 11.1 Å². The summed E-state index contributed by atoms with van der Waals surface area (Å²) in [6.07, 6.45) is 0.0674. The summed E-state index contributed by atoms with van der Waals surface area (Å²) in [4.78, 5) is 12.3. The van der Waals surface area contributed by atoms with Gasteiger partial charge in [0, 0.05) is 27.5 Å². The lowest BCUT2D eigenvalue weighted by atomic mass is 10.0. The van der Waals surface area contributed by atoms with Gasteiger partial charge in [0.25, 0.3) is 0 Å². The third-order valence-corrected chi connectivity index (χ3v) is 4.09. The number of ketones is 1. The van der Waals surface area contributed by atoms with Gasteiger partial charge >= 0.3 is 0 Å². The molecule has 0 N–H and O–H groups in total. The molecule has 0 fully saturated rings. The van der Waals surface area contributed by atoms with E-state index in [-0.39, 0.29) is 12.2 Å². The van der Waals surface area contributed by atoms with Crippen molar-refractivity contribution in [2.75, 3.05) is 0 Å². The SMILES string of the molecule is O=C(Cc1ccc(F)c(F)c1)c1csc2ccccc12. The van der Waals surface area contributed by atoms with Gasteiger partial charge in [0.2, 0.25) is 0 Å². The molecule has 0 aliphatic rings. The topological polar surface area (TPSA) is 17.1 Å². The van der Waals surface area contributed by atoms with E-state index >= 15 is 0 Å². The first-order valence-electron chi connectivity index (χ1n) is 6.08. The average molecular weight is 288 g/mol. The van der Waals surface area contributed by atoms with Crippen LogP contribution in [0.2, 0.25) is 0 Å². The van der Waals surface area contributed by atoms with Crippen LogP contribution in [-0.2, 0) is 6.42 Å². The molecule has 0 saturated heterocycles. The number of halogens is 2. The largest absolute Gasteiger partial charge is 0.294 e. The van der Waals surface area contributed by atoms with Crippen LogP contribution in [0.4, 0.5) is 8.78 Å². The number of Topliss-reactive ketones (excluding diaryl/α,β-unsaturated/α-hetero) is 1. The smallest absolute Gasteiger partial charge is 0.168 e. The third kappa shape index (κ3) is 2.34. The lowest BCUT2D eigenvalue weighted by molar-refractivity contribution is 0.0995. The minimum absolute atomic E-state index is 0.0674. The summed E-state index contributed by atoms with van der Waals surface area (Å²) >= 11 is 1.50. The molecule has 0 aliphatic carbocycles. The summed E-state index contributed by atoms with van der Waals surface area (Å²) in [6, 6.07) is 11.2. The fraction of sp³-hybridized carbons (Fsp3) is 0.0625. The Kier molecular flexibility index (Phi) is 3.32. The van der Waals surface area contributed by atoms with E-state index in [1.165, 1.54) is 17.4 Å². The normalized spacial score (nSPS) is 10.9. The van der Waals surface area contributed by atoms with Gasteiger partial charge in [0.05, 0.1) is 0 Å². The maximum absolute atomic E-state index is 13.1. The molecule has 0 atom stereocenters. The summed E-state index contributed by atoms with van der Waals surface area (Å²) < 4.78 is 27.0. The number of carbonyl (C=O) groups excluding carboxylic acids is 1. The van der Waals surface area contributed by atoms with Crippen LogP contribution in [0.3, 0.4) is 0 Å². The van der Waals surface area contributed by atoms with Crippen molar-refractivity contribution in [3.63, 3.8) is 0 Å². The van der Waals surface area contributed by atoms with Crippen molar-refractivity contribution in [2.45, 2.75) is 6.42 Å². The van der Waals surface area contributed by atoms with Crippen molar-refractivity contribution in [2.24, 2.45) is 0 Å². The first-order valence-corrected chi connectivity index (χ1v) is 6.96. The van der Waals surface area contributed by atoms with E-state index < -0.39 is 11.6 Å². The van der Waals surface area contributed by atoms with Crippen LogP contribution in [0.15, 0.2) is 47.8 Å². The van der Waals surface area contributed by atoms with E-state index in [2.05, 4.69) is 0 Å². The van der Waals surface area contributed by atoms with Gasteiger partial charge in [-0.05, 0) is 23.8 Å². The van der Waals surface area contributed by atoms with Crippen LogP contribution in [0.5, 0.6) is 0 Å². The molecule has 1 heterocycles. The van der Waals surface area contributed by atoms with Crippen LogP contribution < -0.4 is 0 Å². The number of fused-ring (bicyclic) bond motifs is 1. The number of hydrogen-bond donors (Lipinski definition) is 0. The molecule has 2 aromatic carbocycles. The van der Waals surface area contributed by atoms with Crippen LogP contribution in [0, 0.1) is 11.6 Å². The summed E-state index contributed by atoms with van der Waals surface area (Å²) in [5, 5.41) is 2.72. The zero-order chi connectivity index (χ0) is 14.1. The number of thiophene rings is 1. The molecule has 0 radical (unpaired) electrons. The molecule has 0 unspecified atom stereocenters. The van der Waals surface area contributed by atoms with Gasteiger partial charge in [0.15, 0.2) is 17.4 Å². The first-order chi connectivity index (χ1) is 9.65. The van der Waals surface area contributed by atoms with Gasteiger partial charge in [-0.1, -0.05) is 24.3 Å². The molecule has 0 aliphatic heterocycles. The van der Waals surface area contributed by atoms with Gasteiger partial charge < -0.3 is 0 Å². The number of benzene rings is 2. The van der Waals surface area contributed by atoms with Crippen molar-refractivity contribution < 1.29 is 13.6 Å². The molecule has 3 rings (SSSR count). The molecular weight excluding hydrogens is 278 g/mol. The molecule has 0 amide bonds. The van der Waals surface area contributed by atoms with Crippen molar-refractivity contribution in [3.05, 3.63) is 70.6 Å². The van der Waals surface area contributed by atoms with Crippen molar-refractivity contribution >= 4 is 27.2 Å². The Balaban J connectivity index is 1.91. The maximum atomic E-state index is 13.1. The van der Waals surface area contributed by atoms with Gasteiger partial charge in [-0.2, -0.15) is 0 Å². The Morgan fingerprint density at radius 3 is 2.65 bits per heavy atom. The lowest BCUT2D eigenvalue weighted by Crippen LogP contribution is -2.03. The second-order valence-electron chi connectivity index (χ2n) is 4.49. The second kappa shape index (κ2) is 5.13. The first kappa shape index (κ1) is 12.9. The van der Waals surface area contributed by atoms with E-state index in [1.54, 1.807) is 0 Å². The van der Waals surface area contributed by atoms with Crippen LogP contribution in [0.1, 0.15) is 15.9 Å². The standard InChI is InChI=1S/C16H10F2OS/c17-13-6-5-10(7-14(13)18)8-15(19)12-9-20-16-4-2-1-3-11(12)16/h1-7,9H,8H2. The van der Waals surface area contributed by atoms with Crippen LogP contribution in [-0.4, -0.2) is 5.78 Å². The Morgan fingerprint density at radius 1 is 1.05 bits per heavy atom. The Labute approximate surface area is 118 Å². The predicted octanol–water partition coefficient (Wildman–Crippen LogP) is 4.60. The van der Waals surface area contributed by atoms with E-state index in [0.717, 1.165) is 22.2 Å². The van der Waals surface area contributed by atoms with Crippen molar-refractivity contribution in [1.29, 1.82) is 0 Å². The molecule has 1 nitrogen and oxygen atoms in total. The fourth-order valence-electron chi connectivity index (χ4n) is 2.12. The fourth-order valence-corrected chi connectivity index (χ4v) is 3.09. The molecule has 3 aromatic rings. The molecule has 100 valence electrons. The minimum Gasteiger partial charge on any atom is -0.294 e. The summed E-state index contributed by atoms with van der Waals surface area (Å²) in [5.74, 6) is -1.92. The Bertz CT molecular complexity index is 792. The average Bonchev–Trinajstić information content (AvgIpc) is 2.87. The number of rotatable bonds is 3. The molecule has 4 heteroatoms. The van der Waals surface area contributed by atoms with Gasteiger partial charge in [0.1, 0.15) is 0 Å². The van der Waals surface area contributed by atoms with Crippen LogP contribution >= 0.6 is 11.3 Å². The Morgan fingerprint density at radius 2 is 1.85 bits per heavy atom. The molecule has 1 aromatic heterocycles. The Hall–Kier alpha value is -2.07. The van der Waals surface area contributed by atoms with Gasteiger partial charge in [-0.15, -0.1) is 11.3 Å². The van der Waals surface area contributed by atoms with Crippen molar-refractivity contribution in [3.8, 4) is 0 Å². The summed E-state index contributed by atoms with van der Waals surface area (Å²) in [5.41, 5.74) is 1.11. The third-order valence-electron chi connectivity index (χ3n) is 3.13. The molecule has 0 saturated carbocycles. The highest BCUT2D eigenvalue weighted by atomic mass is 32.1. The summed E-state index contributed by atoms with van der Waals surface area (Å²) in [7, 11) is 0. The van der Waals surface area contributed by atoms with E-state index in [9.17, 15) is 13.6 Å². The zero-order valence-corrected chi connectivity index (χ0v) is 11.2. The second-order valence-corrected chi connectivity index (χ2v) is 5.41. The predicted molar refractivity (Wildman–Crippen MR) is 76.2 cm³/mol. The molecule has 0 bridgehead atoms. The highest BCUT2D eigenvalue weighted by Crippen LogP contribution is 2.26.